The third-order valence-electron chi connectivity index (χ3n) is 5.01. The molecule has 2 fully saturated rings. The molecular weight excluding hydrogens is 260 g/mol. The Bertz CT molecular complexity index is 538. The van der Waals surface area contributed by atoms with Gasteiger partial charge < -0.3 is 15.2 Å². The average Bonchev–Trinajstić information content (AvgIpc) is 3.03. The summed E-state index contributed by atoms with van der Waals surface area (Å²) in [6.07, 6.45) is 6.16. The van der Waals surface area contributed by atoms with Crippen LogP contribution in [0.1, 0.15) is 57.7 Å². The van der Waals surface area contributed by atoms with E-state index in [-0.39, 0.29) is 0 Å². The fraction of sp³-hybridized carbons (Fsp3) is 0.706. The van der Waals surface area contributed by atoms with Crippen LogP contribution in [0, 0.1) is 23.2 Å². The highest BCUT2D eigenvalue weighted by atomic mass is 15.3. The summed E-state index contributed by atoms with van der Waals surface area (Å²) in [4.78, 5) is 2.42. The summed E-state index contributed by atoms with van der Waals surface area (Å²) in [5.74, 6) is 2.48. The maximum Gasteiger partial charge on any atom is 0.133 e. The summed E-state index contributed by atoms with van der Waals surface area (Å²) < 4.78 is 2.24. The van der Waals surface area contributed by atoms with E-state index in [4.69, 9.17) is 5.73 Å². The van der Waals surface area contributed by atoms with E-state index in [0.717, 1.165) is 30.3 Å². The second-order valence-corrected chi connectivity index (χ2v) is 7.08. The second-order valence-electron chi connectivity index (χ2n) is 7.08. The van der Waals surface area contributed by atoms with E-state index in [1.54, 1.807) is 0 Å². The van der Waals surface area contributed by atoms with Crippen molar-refractivity contribution >= 4 is 11.5 Å². The Labute approximate surface area is 127 Å². The third-order valence-corrected chi connectivity index (χ3v) is 5.01. The molecule has 0 radical (unpaired) electrons. The average molecular weight is 286 g/mol. The van der Waals surface area contributed by atoms with Crippen molar-refractivity contribution in [3.05, 3.63) is 11.8 Å². The molecule has 1 saturated heterocycles. The Morgan fingerprint density at radius 1 is 1.19 bits per heavy atom. The van der Waals surface area contributed by atoms with E-state index in [9.17, 15) is 5.26 Å². The Morgan fingerprint density at radius 2 is 1.81 bits per heavy atom. The monoisotopic (exact) mass is 286 g/mol. The Kier molecular flexibility index (Phi) is 3.84. The number of anilines is 2. The van der Waals surface area contributed by atoms with Crippen LogP contribution in [-0.4, -0.2) is 17.7 Å². The molecule has 4 heteroatoms. The molecule has 1 aromatic heterocycles. The summed E-state index contributed by atoms with van der Waals surface area (Å²) in [5, 5.41) is 9.47. The number of nitrogens with zero attached hydrogens (tertiary/aromatic N) is 3. The van der Waals surface area contributed by atoms with Crippen LogP contribution in [0.2, 0.25) is 0 Å². The van der Waals surface area contributed by atoms with Gasteiger partial charge in [-0.15, -0.1) is 0 Å². The van der Waals surface area contributed by atoms with Crippen molar-refractivity contribution in [1.29, 1.82) is 5.26 Å². The summed E-state index contributed by atoms with van der Waals surface area (Å²) in [7, 11) is 0. The topological polar surface area (TPSA) is 58.0 Å². The van der Waals surface area contributed by atoms with Gasteiger partial charge in [-0.3, -0.25) is 0 Å². The van der Waals surface area contributed by atoms with Crippen molar-refractivity contribution in [2.45, 2.75) is 52.0 Å². The molecule has 0 unspecified atom stereocenters. The van der Waals surface area contributed by atoms with E-state index >= 15 is 0 Å². The Balaban J connectivity index is 2.00. The molecule has 1 aromatic rings. The predicted molar refractivity (Wildman–Crippen MR) is 86.2 cm³/mol. The lowest BCUT2D eigenvalue weighted by molar-refractivity contribution is 0.350. The zero-order chi connectivity index (χ0) is 15.0. The standard InChI is InChI=1S/C17H26N4/c1-12-7-13(2)11-20(10-12)17-16(19)8-15(9-18)21(17)14-5-3-4-6-14/h8,12-14H,3-7,10-11,19H2,1-2H3/t12-,13+. The second kappa shape index (κ2) is 5.63. The Hall–Kier alpha value is -1.63. The molecule has 1 aliphatic carbocycles. The summed E-state index contributed by atoms with van der Waals surface area (Å²) in [6.45, 7) is 6.73. The normalized spacial score (nSPS) is 27.0. The van der Waals surface area contributed by atoms with Gasteiger partial charge in [0.25, 0.3) is 0 Å². The fourth-order valence-corrected chi connectivity index (χ4v) is 4.32. The summed E-state index contributed by atoms with van der Waals surface area (Å²) in [6, 6.07) is 4.68. The SMILES string of the molecule is C[C@@H]1C[C@H](C)CN(c2c(N)cc(C#N)n2C2CCCC2)C1. The summed E-state index contributed by atoms with van der Waals surface area (Å²) in [5.41, 5.74) is 7.81. The van der Waals surface area contributed by atoms with Gasteiger partial charge in [0, 0.05) is 19.1 Å². The summed E-state index contributed by atoms with van der Waals surface area (Å²) >= 11 is 0. The highest BCUT2D eigenvalue weighted by Crippen LogP contribution is 2.40. The van der Waals surface area contributed by atoms with Crippen molar-refractivity contribution in [3.63, 3.8) is 0 Å². The minimum Gasteiger partial charge on any atom is -0.396 e. The first kappa shape index (κ1) is 14.3. The molecule has 2 aliphatic rings. The molecule has 0 amide bonds. The lowest BCUT2D eigenvalue weighted by Gasteiger charge is -2.38. The van der Waals surface area contributed by atoms with Crippen molar-refractivity contribution in [2.75, 3.05) is 23.7 Å². The number of rotatable bonds is 2. The Morgan fingerprint density at radius 3 is 2.38 bits per heavy atom. The molecule has 3 rings (SSSR count). The molecular formula is C17H26N4. The largest absolute Gasteiger partial charge is 0.396 e. The van der Waals surface area contributed by atoms with Crippen LogP contribution in [0.4, 0.5) is 11.5 Å². The molecule has 2 atom stereocenters. The predicted octanol–water partition coefficient (Wildman–Crippen LogP) is 3.54. The van der Waals surface area contributed by atoms with E-state index < -0.39 is 0 Å². The number of nitrogen functional groups attached to an aromatic ring is 1. The smallest absolute Gasteiger partial charge is 0.133 e. The zero-order valence-corrected chi connectivity index (χ0v) is 13.2. The van der Waals surface area contributed by atoms with Gasteiger partial charge in [0.05, 0.1) is 5.69 Å². The number of aromatic nitrogens is 1. The molecule has 114 valence electrons. The van der Waals surface area contributed by atoms with E-state index in [1.165, 1.54) is 32.1 Å². The van der Waals surface area contributed by atoms with Crippen molar-refractivity contribution in [3.8, 4) is 6.07 Å². The van der Waals surface area contributed by atoms with Crippen LogP contribution in [0.3, 0.4) is 0 Å². The number of hydrogen-bond donors (Lipinski definition) is 1. The molecule has 0 spiro atoms. The minimum absolute atomic E-state index is 0.458. The molecule has 21 heavy (non-hydrogen) atoms. The van der Waals surface area contributed by atoms with Gasteiger partial charge in [-0.25, -0.2) is 0 Å². The maximum atomic E-state index is 9.47. The molecule has 2 N–H and O–H groups in total. The first-order valence-corrected chi connectivity index (χ1v) is 8.26. The molecule has 2 heterocycles. The van der Waals surface area contributed by atoms with E-state index in [0.29, 0.717) is 17.9 Å². The molecule has 0 bridgehead atoms. The highest BCUT2D eigenvalue weighted by molar-refractivity contribution is 5.68. The van der Waals surface area contributed by atoms with Crippen LogP contribution < -0.4 is 10.6 Å². The van der Waals surface area contributed by atoms with Crippen LogP contribution in [0.5, 0.6) is 0 Å². The van der Waals surface area contributed by atoms with Gasteiger partial charge >= 0.3 is 0 Å². The first-order valence-electron chi connectivity index (χ1n) is 8.26. The van der Waals surface area contributed by atoms with Gasteiger partial charge in [-0.05, 0) is 37.2 Å². The van der Waals surface area contributed by atoms with Crippen molar-refractivity contribution < 1.29 is 0 Å². The zero-order valence-electron chi connectivity index (χ0n) is 13.2. The minimum atomic E-state index is 0.458. The molecule has 0 aromatic carbocycles. The number of hydrogen-bond acceptors (Lipinski definition) is 3. The first-order chi connectivity index (χ1) is 10.1. The third kappa shape index (κ3) is 2.62. The van der Waals surface area contributed by atoms with Crippen LogP contribution in [0.25, 0.3) is 0 Å². The fourth-order valence-electron chi connectivity index (χ4n) is 4.32. The van der Waals surface area contributed by atoms with Gasteiger partial charge in [0.15, 0.2) is 0 Å². The highest BCUT2D eigenvalue weighted by Gasteiger charge is 2.30. The van der Waals surface area contributed by atoms with E-state index in [1.807, 2.05) is 6.07 Å². The molecule has 4 nitrogen and oxygen atoms in total. The number of nitrogens with two attached hydrogens (primary N) is 1. The van der Waals surface area contributed by atoms with Crippen LogP contribution in [0.15, 0.2) is 6.07 Å². The van der Waals surface area contributed by atoms with E-state index in [2.05, 4.69) is 29.4 Å². The van der Waals surface area contributed by atoms with Gasteiger partial charge in [0.1, 0.15) is 17.6 Å². The number of piperidine rings is 1. The van der Waals surface area contributed by atoms with Crippen LogP contribution in [-0.2, 0) is 0 Å². The van der Waals surface area contributed by atoms with Crippen molar-refractivity contribution in [2.24, 2.45) is 11.8 Å². The maximum absolute atomic E-state index is 9.47. The van der Waals surface area contributed by atoms with Gasteiger partial charge in [-0.1, -0.05) is 26.7 Å². The van der Waals surface area contributed by atoms with Gasteiger partial charge in [0.2, 0.25) is 0 Å². The van der Waals surface area contributed by atoms with Crippen LogP contribution >= 0.6 is 0 Å². The lowest BCUT2D eigenvalue weighted by Crippen LogP contribution is -2.40. The van der Waals surface area contributed by atoms with Crippen molar-refractivity contribution in [1.82, 2.24) is 4.57 Å². The number of nitriles is 1. The molecule has 1 saturated carbocycles. The quantitative estimate of drug-likeness (QED) is 0.904. The lowest BCUT2D eigenvalue weighted by atomic mass is 9.92. The molecule has 1 aliphatic heterocycles. The van der Waals surface area contributed by atoms with Gasteiger partial charge in [-0.2, -0.15) is 5.26 Å².